The molecule has 230 valence electrons. The Kier molecular flexibility index (Phi) is 10.5. The normalized spacial score (nSPS) is 12.5. The molecule has 0 aliphatic carbocycles. The maximum Gasteiger partial charge on any atom is 0.335 e. The summed E-state index contributed by atoms with van der Waals surface area (Å²) in [5, 5.41) is 9.41. The predicted octanol–water partition coefficient (Wildman–Crippen LogP) is 7.19. The minimum Gasteiger partial charge on any atom is -0.486 e. The van der Waals surface area contributed by atoms with Crippen LogP contribution in [-0.4, -0.2) is 45.8 Å². The number of fused-ring (bicyclic) bond motifs is 1. The molecular formula is C36H41N3O5. The Bertz CT molecular complexity index is 1540. The maximum absolute atomic E-state index is 11.5. The van der Waals surface area contributed by atoms with Crippen molar-refractivity contribution in [3.05, 3.63) is 101 Å². The molecule has 1 aliphatic rings. The second-order valence-corrected chi connectivity index (χ2v) is 11.6. The fraction of sp³-hybridized carbons (Fsp3) is 0.361. The third-order valence-corrected chi connectivity index (χ3v) is 7.44. The van der Waals surface area contributed by atoms with Gasteiger partial charge in [0.25, 0.3) is 0 Å². The number of unbranched alkanes of at least 4 members (excludes halogenated alkanes) is 1. The Labute approximate surface area is 259 Å². The molecule has 4 aromatic rings. The summed E-state index contributed by atoms with van der Waals surface area (Å²) >= 11 is 0. The monoisotopic (exact) mass is 595 g/mol. The SMILES string of the molecule is CCCCc1c(CN(Cc2ccc(C(=O)O)cc2)Cc2ccc3c(c2)OCCO3)nc(OCC(C)C)nc1-c1ccccc1. The smallest absolute Gasteiger partial charge is 0.335 e. The minimum absolute atomic E-state index is 0.268. The third kappa shape index (κ3) is 8.14. The Balaban J connectivity index is 1.54. The summed E-state index contributed by atoms with van der Waals surface area (Å²) in [7, 11) is 0. The van der Waals surface area contributed by atoms with E-state index in [0.29, 0.717) is 51.4 Å². The Morgan fingerprint density at radius 3 is 2.32 bits per heavy atom. The lowest BCUT2D eigenvalue weighted by Gasteiger charge is -2.26. The van der Waals surface area contributed by atoms with Crippen LogP contribution in [0.25, 0.3) is 11.3 Å². The van der Waals surface area contributed by atoms with E-state index in [4.69, 9.17) is 24.2 Å². The lowest BCUT2D eigenvalue weighted by molar-refractivity contribution is 0.0697. The fourth-order valence-electron chi connectivity index (χ4n) is 5.23. The van der Waals surface area contributed by atoms with Gasteiger partial charge >= 0.3 is 12.0 Å². The first-order valence-corrected chi connectivity index (χ1v) is 15.4. The van der Waals surface area contributed by atoms with Gasteiger partial charge in [-0.25, -0.2) is 4.79 Å². The molecule has 0 saturated heterocycles. The van der Waals surface area contributed by atoms with Crippen LogP contribution in [0.5, 0.6) is 17.5 Å². The van der Waals surface area contributed by atoms with Gasteiger partial charge in [0.1, 0.15) is 13.2 Å². The lowest BCUT2D eigenvalue weighted by atomic mass is 9.99. The zero-order valence-electron chi connectivity index (χ0n) is 25.8. The van der Waals surface area contributed by atoms with E-state index >= 15 is 0 Å². The first kappa shape index (κ1) is 31.0. The van der Waals surface area contributed by atoms with Crippen LogP contribution in [0.3, 0.4) is 0 Å². The number of ether oxygens (including phenoxy) is 3. The molecule has 0 atom stereocenters. The number of rotatable bonds is 14. The van der Waals surface area contributed by atoms with Crippen molar-refractivity contribution >= 4 is 5.97 Å². The van der Waals surface area contributed by atoms with Crippen LogP contribution in [-0.2, 0) is 26.1 Å². The highest BCUT2D eigenvalue weighted by Gasteiger charge is 2.21. The van der Waals surface area contributed by atoms with E-state index < -0.39 is 5.97 Å². The van der Waals surface area contributed by atoms with E-state index in [1.54, 1.807) is 12.1 Å². The second kappa shape index (κ2) is 14.8. The Morgan fingerprint density at radius 1 is 0.909 bits per heavy atom. The first-order chi connectivity index (χ1) is 21.4. The number of benzene rings is 3. The first-order valence-electron chi connectivity index (χ1n) is 15.4. The average Bonchev–Trinajstić information content (AvgIpc) is 3.03. The van der Waals surface area contributed by atoms with Gasteiger partial charge in [0.2, 0.25) is 0 Å². The quantitative estimate of drug-likeness (QED) is 0.164. The van der Waals surface area contributed by atoms with E-state index in [-0.39, 0.29) is 5.56 Å². The van der Waals surface area contributed by atoms with E-state index in [9.17, 15) is 9.90 Å². The summed E-state index contributed by atoms with van der Waals surface area (Å²) in [5.74, 6) is 0.907. The highest BCUT2D eigenvalue weighted by molar-refractivity contribution is 5.87. The van der Waals surface area contributed by atoms with E-state index in [2.05, 4.69) is 43.9 Å². The molecule has 0 spiro atoms. The molecule has 8 nitrogen and oxygen atoms in total. The molecule has 0 radical (unpaired) electrons. The topological polar surface area (TPSA) is 94.0 Å². The number of aromatic nitrogens is 2. The fourth-order valence-corrected chi connectivity index (χ4v) is 5.23. The molecule has 1 aromatic heterocycles. The highest BCUT2D eigenvalue weighted by atomic mass is 16.6. The van der Waals surface area contributed by atoms with Gasteiger partial charge in [0.15, 0.2) is 11.5 Å². The molecule has 5 rings (SSSR count). The van der Waals surface area contributed by atoms with Crippen molar-refractivity contribution in [2.24, 2.45) is 5.92 Å². The van der Waals surface area contributed by atoms with Crippen LogP contribution in [0.2, 0.25) is 0 Å². The summed E-state index contributed by atoms with van der Waals surface area (Å²) in [6, 6.07) is 23.8. The summed E-state index contributed by atoms with van der Waals surface area (Å²) in [6.07, 6.45) is 2.92. The van der Waals surface area contributed by atoms with Gasteiger partial charge in [-0.1, -0.05) is 75.7 Å². The van der Waals surface area contributed by atoms with Crippen molar-refractivity contribution in [1.29, 1.82) is 0 Å². The van der Waals surface area contributed by atoms with Crippen LogP contribution in [0.4, 0.5) is 0 Å². The number of nitrogens with zero attached hydrogens (tertiary/aromatic N) is 3. The minimum atomic E-state index is -0.936. The van der Waals surface area contributed by atoms with Gasteiger partial charge in [0, 0.05) is 30.8 Å². The zero-order valence-corrected chi connectivity index (χ0v) is 25.8. The van der Waals surface area contributed by atoms with E-state index in [1.807, 2.05) is 42.5 Å². The molecule has 8 heteroatoms. The van der Waals surface area contributed by atoms with Crippen LogP contribution >= 0.6 is 0 Å². The van der Waals surface area contributed by atoms with E-state index in [1.165, 1.54) is 0 Å². The van der Waals surface area contributed by atoms with Gasteiger partial charge in [-0.05, 0) is 54.2 Å². The van der Waals surface area contributed by atoms with Gasteiger partial charge < -0.3 is 19.3 Å². The van der Waals surface area contributed by atoms with Gasteiger partial charge in [0.05, 0.1) is 23.6 Å². The molecule has 0 bridgehead atoms. The number of carboxylic acid groups (broad SMARTS) is 1. The van der Waals surface area contributed by atoms with Crippen molar-refractivity contribution in [2.75, 3.05) is 19.8 Å². The van der Waals surface area contributed by atoms with Crippen LogP contribution < -0.4 is 14.2 Å². The van der Waals surface area contributed by atoms with Crippen molar-refractivity contribution in [3.8, 4) is 28.8 Å². The largest absolute Gasteiger partial charge is 0.486 e. The summed E-state index contributed by atoms with van der Waals surface area (Å²) in [4.78, 5) is 23.8. The van der Waals surface area contributed by atoms with Gasteiger partial charge in [-0.15, -0.1) is 0 Å². The van der Waals surface area contributed by atoms with Crippen molar-refractivity contribution in [1.82, 2.24) is 14.9 Å². The molecule has 44 heavy (non-hydrogen) atoms. The molecule has 3 aromatic carbocycles. The van der Waals surface area contributed by atoms with Crippen molar-refractivity contribution in [2.45, 2.75) is 59.7 Å². The average molecular weight is 596 g/mol. The van der Waals surface area contributed by atoms with Gasteiger partial charge in [-0.3, -0.25) is 4.90 Å². The van der Waals surface area contributed by atoms with Crippen LogP contribution in [0.1, 0.15) is 66.4 Å². The molecular weight excluding hydrogens is 554 g/mol. The predicted molar refractivity (Wildman–Crippen MR) is 170 cm³/mol. The Hall–Kier alpha value is -4.43. The lowest BCUT2D eigenvalue weighted by Crippen LogP contribution is -2.25. The highest BCUT2D eigenvalue weighted by Crippen LogP contribution is 2.32. The molecule has 0 saturated carbocycles. The van der Waals surface area contributed by atoms with Gasteiger partial charge in [-0.2, -0.15) is 9.97 Å². The summed E-state index contributed by atoms with van der Waals surface area (Å²) in [5.41, 5.74) is 6.38. The summed E-state index contributed by atoms with van der Waals surface area (Å²) < 4.78 is 17.7. The van der Waals surface area contributed by atoms with Crippen LogP contribution in [0, 0.1) is 5.92 Å². The zero-order chi connectivity index (χ0) is 30.9. The summed E-state index contributed by atoms with van der Waals surface area (Å²) in [6.45, 7) is 9.78. The number of aromatic carboxylic acids is 1. The number of hydrogen-bond donors (Lipinski definition) is 1. The van der Waals surface area contributed by atoms with E-state index in [0.717, 1.165) is 64.4 Å². The molecule has 0 amide bonds. The number of carbonyl (C=O) groups is 1. The number of carboxylic acids is 1. The Morgan fingerprint density at radius 2 is 1.61 bits per heavy atom. The standard InChI is InChI=1S/C36H41N3O5/c1-4-5-11-30-31(37-36(44-24-25(2)3)38-34(30)28-9-7-6-8-10-28)23-39(21-26-12-15-29(16-13-26)35(40)41)22-27-14-17-32-33(20-27)43-19-18-42-32/h6-10,12-17,20,25H,4-5,11,18-19,21-24H2,1-3H3,(H,40,41). The van der Waals surface area contributed by atoms with Crippen LogP contribution in [0.15, 0.2) is 72.8 Å². The number of hydrogen-bond acceptors (Lipinski definition) is 7. The molecule has 1 N–H and O–H groups in total. The van der Waals surface area contributed by atoms with Crippen molar-refractivity contribution < 1.29 is 24.1 Å². The molecule has 0 unspecified atom stereocenters. The molecule has 0 fully saturated rings. The third-order valence-electron chi connectivity index (χ3n) is 7.44. The maximum atomic E-state index is 11.5. The second-order valence-electron chi connectivity index (χ2n) is 11.6. The molecule has 2 heterocycles. The van der Waals surface area contributed by atoms with Crippen molar-refractivity contribution in [3.63, 3.8) is 0 Å². The molecule has 1 aliphatic heterocycles.